The standard InChI is InChI=1S/C11H8BrN3/c12-9-5-14-15-6-8(1-2-10(9)15)11(7-13)3-4-11/h1-2,5-6H,3-4H2. The molecule has 0 bridgehead atoms. The first-order valence-electron chi connectivity index (χ1n) is 4.80. The lowest BCUT2D eigenvalue weighted by Crippen LogP contribution is -2.04. The summed E-state index contributed by atoms with van der Waals surface area (Å²) in [7, 11) is 0. The van der Waals surface area contributed by atoms with E-state index in [-0.39, 0.29) is 5.41 Å². The Balaban J connectivity index is 2.20. The number of hydrogen-bond acceptors (Lipinski definition) is 2. The van der Waals surface area contributed by atoms with Crippen molar-refractivity contribution in [2.24, 2.45) is 0 Å². The molecule has 1 aliphatic carbocycles. The number of hydrogen-bond donors (Lipinski definition) is 0. The van der Waals surface area contributed by atoms with Crippen molar-refractivity contribution in [3.8, 4) is 6.07 Å². The number of nitrogens with zero attached hydrogens (tertiary/aromatic N) is 3. The third-order valence-corrected chi connectivity index (χ3v) is 3.60. The topological polar surface area (TPSA) is 41.1 Å². The van der Waals surface area contributed by atoms with Crippen LogP contribution in [0.1, 0.15) is 18.4 Å². The van der Waals surface area contributed by atoms with Gasteiger partial charge in [-0.2, -0.15) is 10.4 Å². The highest BCUT2D eigenvalue weighted by Gasteiger charge is 2.45. The average molecular weight is 262 g/mol. The van der Waals surface area contributed by atoms with Crippen LogP contribution >= 0.6 is 15.9 Å². The Kier molecular flexibility index (Phi) is 1.68. The van der Waals surface area contributed by atoms with Crippen LogP contribution in [0.2, 0.25) is 0 Å². The largest absolute Gasteiger partial charge is 0.239 e. The molecule has 0 atom stereocenters. The number of nitriles is 1. The van der Waals surface area contributed by atoms with Crippen LogP contribution in [0.5, 0.6) is 0 Å². The Morgan fingerprint density at radius 3 is 2.93 bits per heavy atom. The Morgan fingerprint density at radius 1 is 1.47 bits per heavy atom. The molecular weight excluding hydrogens is 254 g/mol. The van der Waals surface area contributed by atoms with Gasteiger partial charge in [0.1, 0.15) is 0 Å². The fourth-order valence-electron chi connectivity index (χ4n) is 1.83. The number of fused-ring (bicyclic) bond motifs is 1. The zero-order valence-corrected chi connectivity index (χ0v) is 9.53. The maximum Gasteiger partial charge on any atom is 0.0838 e. The van der Waals surface area contributed by atoms with Crippen molar-refractivity contribution >= 4 is 21.4 Å². The molecule has 0 spiro atoms. The number of aromatic nitrogens is 2. The van der Waals surface area contributed by atoms with Crippen LogP contribution < -0.4 is 0 Å². The molecule has 2 aromatic heterocycles. The molecule has 2 heterocycles. The summed E-state index contributed by atoms with van der Waals surface area (Å²) in [5, 5.41) is 13.3. The van der Waals surface area contributed by atoms with Gasteiger partial charge in [-0.15, -0.1) is 0 Å². The van der Waals surface area contributed by atoms with Gasteiger partial charge in [-0.1, -0.05) is 6.07 Å². The molecule has 3 nitrogen and oxygen atoms in total. The molecule has 0 N–H and O–H groups in total. The van der Waals surface area contributed by atoms with Crippen LogP contribution in [0.15, 0.2) is 29.0 Å². The Morgan fingerprint density at radius 2 is 2.27 bits per heavy atom. The first-order chi connectivity index (χ1) is 7.25. The molecule has 74 valence electrons. The van der Waals surface area contributed by atoms with Crippen molar-refractivity contribution < 1.29 is 0 Å². The molecule has 0 saturated heterocycles. The fraction of sp³-hybridized carbons (Fsp3) is 0.273. The van der Waals surface area contributed by atoms with Crippen molar-refractivity contribution in [2.75, 3.05) is 0 Å². The van der Waals surface area contributed by atoms with E-state index in [9.17, 15) is 0 Å². The maximum absolute atomic E-state index is 9.10. The first kappa shape index (κ1) is 8.93. The summed E-state index contributed by atoms with van der Waals surface area (Å²) < 4.78 is 2.80. The van der Waals surface area contributed by atoms with Gasteiger partial charge >= 0.3 is 0 Å². The number of halogens is 1. The van der Waals surface area contributed by atoms with E-state index in [1.165, 1.54) is 0 Å². The van der Waals surface area contributed by atoms with Crippen LogP contribution in [0, 0.1) is 11.3 Å². The second-order valence-corrected chi connectivity index (χ2v) is 4.79. The molecule has 1 fully saturated rings. The Labute approximate surface area is 95.5 Å². The van der Waals surface area contributed by atoms with Crippen LogP contribution in [0.4, 0.5) is 0 Å². The minimum atomic E-state index is -0.230. The smallest absolute Gasteiger partial charge is 0.0838 e. The highest BCUT2D eigenvalue weighted by Crippen LogP contribution is 2.47. The molecule has 0 aromatic carbocycles. The normalized spacial score (nSPS) is 17.6. The molecule has 3 rings (SSSR count). The molecule has 0 radical (unpaired) electrons. The minimum absolute atomic E-state index is 0.230. The van der Waals surface area contributed by atoms with Gasteiger partial charge in [0.05, 0.1) is 27.7 Å². The van der Waals surface area contributed by atoms with Gasteiger partial charge in [-0.3, -0.25) is 0 Å². The zero-order chi connectivity index (χ0) is 10.5. The summed E-state index contributed by atoms with van der Waals surface area (Å²) in [5.41, 5.74) is 1.88. The maximum atomic E-state index is 9.10. The van der Waals surface area contributed by atoms with Gasteiger partial charge in [0.2, 0.25) is 0 Å². The third kappa shape index (κ3) is 1.20. The van der Waals surface area contributed by atoms with Crippen LogP contribution in [-0.2, 0) is 5.41 Å². The second kappa shape index (κ2) is 2.83. The van der Waals surface area contributed by atoms with Gasteiger partial charge in [-0.25, -0.2) is 4.52 Å². The number of rotatable bonds is 1. The molecular formula is C11H8BrN3. The van der Waals surface area contributed by atoms with Crippen LogP contribution in [0.25, 0.3) is 5.52 Å². The van der Waals surface area contributed by atoms with E-state index in [1.54, 1.807) is 6.20 Å². The summed E-state index contributed by atoms with van der Waals surface area (Å²) in [6.45, 7) is 0. The van der Waals surface area contributed by atoms with Crippen molar-refractivity contribution in [3.63, 3.8) is 0 Å². The van der Waals surface area contributed by atoms with Crippen molar-refractivity contribution in [2.45, 2.75) is 18.3 Å². The van der Waals surface area contributed by atoms with E-state index in [4.69, 9.17) is 5.26 Å². The minimum Gasteiger partial charge on any atom is -0.239 e. The van der Waals surface area contributed by atoms with Gasteiger partial charge in [0, 0.05) is 6.20 Å². The monoisotopic (exact) mass is 261 g/mol. The van der Waals surface area contributed by atoms with E-state index in [0.29, 0.717) is 0 Å². The van der Waals surface area contributed by atoms with E-state index < -0.39 is 0 Å². The van der Waals surface area contributed by atoms with E-state index >= 15 is 0 Å². The summed E-state index contributed by atoms with van der Waals surface area (Å²) in [4.78, 5) is 0. The quantitative estimate of drug-likeness (QED) is 0.792. The molecule has 1 aliphatic rings. The fourth-order valence-corrected chi connectivity index (χ4v) is 2.23. The lowest BCUT2D eigenvalue weighted by molar-refractivity contribution is 0.862. The van der Waals surface area contributed by atoms with E-state index in [1.807, 2.05) is 22.8 Å². The Hall–Kier alpha value is -1.34. The van der Waals surface area contributed by atoms with Gasteiger partial charge in [0.25, 0.3) is 0 Å². The van der Waals surface area contributed by atoms with Crippen LogP contribution in [0.3, 0.4) is 0 Å². The van der Waals surface area contributed by atoms with Crippen LogP contribution in [-0.4, -0.2) is 9.61 Å². The van der Waals surface area contributed by atoms with Crippen molar-refractivity contribution in [1.29, 1.82) is 5.26 Å². The Bertz CT molecular complexity index is 575. The lowest BCUT2D eigenvalue weighted by Gasteiger charge is -2.05. The molecule has 1 saturated carbocycles. The SMILES string of the molecule is N#CC1(c2ccc3c(Br)cnn3c2)CC1. The van der Waals surface area contributed by atoms with Gasteiger partial charge in [-0.05, 0) is 40.4 Å². The third-order valence-electron chi connectivity index (χ3n) is 2.99. The highest BCUT2D eigenvalue weighted by molar-refractivity contribution is 9.10. The summed E-state index contributed by atoms with van der Waals surface area (Å²) >= 11 is 3.43. The molecule has 2 aromatic rings. The highest BCUT2D eigenvalue weighted by atomic mass is 79.9. The van der Waals surface area contributed by atoms with E-state index in [0.717, 1.165) is 28.4 Å². The van der Waals surface area contributed by atoms with Crippen molar-refractivity contribution in [1.82, 2.24) is 9.61 Å². The molecule has 0 unspecified atom stereocenters. The predicted molar refractivity (Wildman–Crippen MR) is 59.4 cm³/mol. The molecule has 15 heavy (non-hydrogen) atoms. The van der Waals surface area contributed by atoms with Gasteiger partial charge < -0.3 is 0 Å². The lowest BCUT2D eigenvalue weighted by atomic mass is 10.00. The molecule has 0 aliphatic heterocycles. The number of pyridine rings is 1. The zero-order valence-electron chi connectivity index (χ0n) is 7.94. The van der Waals surface area contributed by atoms with Crippen molar-refractivity contribution in [3.05, 3.63) is 34.6 Å². The predicted octanol–water partition coefficient (Wildman–Crippen LogP) is 2.65. The summed E-state index contributed by atoms with van der Waals surface area (Å²) in [6, 6.07) is 6.42. The second-order valence-electron chi connectivity index (χ2n) is 3.93. The summed E-state index contributed by atoms with van der Waals surface area (Å²) in [6.07, 6.45) is 5.66. The average Bonchev–Trinajstić information content (AvgIpc) is 2.99. The summed E-state index contributed by atoms with van der Waals surface area (Å²) in [5.74, 6) is 0. The van der Waals surface area contributed by atoms with Gasteiger partial charge in [0.15, 0.2) is 0 Å². The molecule has 4 heteroatoms. The molecule has 0 amide bonds. The van der Waals surface area contributed by atoms with E-state index in [2.05, 4.69) is 27.1 Å². The first-order valence-corrected chi connectivity index (χ1v) is 5.59.